The van der Waals surface area contributed by atoms with E-state index in [4.69, 9.17) is 14.6 Å². The molecule has 0 aliphatic rings. The minimum atomic E-state index is -5.08. The van der Waals surface area contributed by atoms with E-state index in [1.165, 1.54) is 0 Å². The maximum atomic E-state index is 12.2. The maximum Gasteiger partial charge on any atom is 0.490 e. The first kappa shape index (κ1) is 26.3. The number of nitrogens with one attached hydrogen (secondary N) is 2. The van der Waals surface area contributed by atoms with Gasteiger partial charge >= 0.3 is 12.1 Å². The van der Waals surface area contributed by atoms with Crippen LogP contribution in [0, 0.1) is 0 Å². The molecule has 1 amide bonds. The number of carboxylic acids is 1. The van der Waals surface area contributed by atoms with E-state index < -0.39 is 12.1 Å². The molecule has 34 heavy (non-hydrogen) atoms. The van der Waals surface area contributed by atoms with Crippen LogP contribution in [0.1, 0.15) is 16.1 Å². The number of carboxylic acid groups (broad SMARTS) is 1. The second-order valence-corrected chi connectivity index (χ2v) is 6.91. The summed E-state index contributed by atoms with van der Waals surface area (Å²) in [5.41, 5.74) is 3.49. The third-order valence-corrected chi connectivity index (χ3v) is 4.35. The fourth-order valence-corrected chi connectivity index (χ4v) is 2.65. The van der Waals surface area contributed by atoms with Gasteiger partial charge < -0.3 is 25.0 Å². The van der Waals surface area contributed by atoms with E-state index in [9.17, 15) is 18.0 Å². The number of aromatic nitrogens is 3. The van der Waals surface area contributed by atoms with Crippen LogP contribution >= 0.6 is 0 Å². The summed E-state index contributed by atoms with van der Waals surface area (Å²) in [6.45, 7) is 1.62. The molecule has 3 N–H and O–H groups in total. The van der Waals surface area contributed by atoms with Gasteiger partial charge in [-0.1, -0.05) is 30.3 Å². The van der Waals surface area contributed by atoms with Crippen LogP contribution in [-0.2, 0) is 23.1 Å². The number of aliphatic carboxylic acids is 1. The number of benzene rings is 1. The highest BCUT2D eigenvalue weighted by atomic mass is 19.4. The molecule has 3 aromatic rings. The number of anilines is 1. The van der Waals surface area contributed by atoms with Crippen LogP contribution in [0.3, 0.4) is 0 Å². The van der Waals surface area contributed by atoms with Gasteiger partial charge in [0.2, 0.25) is 5.95 Å². The Balaban J connectivity index is 0.000000509. The van der Waals surface area contributed by atoms with Crippen molar-refractivity contribution < 1.29 is 32.6 Å². The van der Waals surface area contributed by atoms with Crippen molar-refractivity contribution in [2.24, 2.45) is 7.05 Å². The van der Waals surface area contributed by atoms with E-state index in [-0.39, 0.29) is 5.91 Å². The lowest BCUT2D eigenvalue weighted by Crippen LogP contribution is -2.28. The standard InChI is InChI=1S/C20H23N5O2.C2HF3O2/c1-25-14-16(10-18(25)19(26)21-8-9-27-2)17-12-23-20(24-13-17)22-11-15-6-4-3-5-7-15;3-2(4,5)1(6)7/h3-7,10,12-14H,8-9,11H2,1-2H3,(H,21,26)(H,22,23,24);(H,6,7). The van der Waals surface area contributed by atoms with Gasteiger partial charge in [0, 0.05) is 57.0 Å². The number of amides is 1. The number of hydrogen-bond donors (Lipinski definition) is 3. The van der Waals surface area contributed by atoms with Crippen molar-refractivity contribution in [3.05, 3.63) is 66.2 Å². The molecule has 2 heterocycles. The number of carbonyl (C=O) groups excluding carboxylic acids is 1. The van der Waals surface area contributed by atoms with Gasteiger partial charge in [0.15, 0.2) is 0 Å². The normalized spacial score (nSPS) is 10.7. The molecule has 0 bridgehead atoms. The Morgan fingerprint density at radius 2 is 1.74 bits per heavy atom. The van der Waals surface area contributed by atoms with Crippen molar-refractivity contribution >= 4 is 17.8 Å². The van der Waals surface area contributed by atoms with E-state index in [1.54, 1.807) is 24.1 Å². The van der Waals surface area contributed by atoms with Crippen LogP contribution in [0.4, 0.5) is 19.1 Å². The van der Waals surface area contributed by atoms with E-state index in [1.807, 2.05) is 49.6 Å². The van der Waals surface area contributed by atoms with Crippen LogP contribution in [0.25, 0.3) is 11.1 Å². The molecule has 1 aromatic carbocycles. The molecule has 0 spiro atoms. The van der Waals surface area contributed by atoms with Crippen molar-refractivity contribution in [3.63, 3.8) is 0 Å². The smallest absolute Gasteiger partial charge is 0.475 e. The molecular formula is C22H24F3N5O4. The zero-order chi connectivity index (χ0) is 25.1. The van der Waals surface area contributed by atoms with E-state index in [0.29, 0.717) is 31.3 Å². The molecule has 0 atom stereocenters. The molecule has 9 nitrogen and oxygen atoms in total. The van der Waals surface area contributed by atoms with Gasteiger partial charge in [-0.15, -0.1) is 0 Å². The van der Waals surface area contributed by atoms with Crippen molar-refractivity contribution in [2.45, 2.75) is 12.7 Å². The first-order valence-corrected chi connectivity index (χ1v) is 9.95. The van der Waals surface area contributed by atoms with Crippen LogP contribution in [0.15, 0.2) is 55.0 Å². The van der Waals surface area contributed by atoms with Crippen LogP contribution in [0.2, 0.25) is 0 Å². The fraction of sp³-hybridized carbons (Fsp3) is 0.273. The second-order valence-electron chi connectivity index (χ2n) is 6.91. The molecule has 0 fully saturated rings. The van der Waals surface area contributed by atoms with Gasteiger partial charge in [-0.05, 0) is 11.6 Å². The monoisotopic (exact) mass is 479 g/mol. The Hall–Kier alpha value is -3.93. The number of aryl methyl sites for hydroxylation is 1. The lowest BCUT2D eigenvalue weighted by molar-refractivity contribution is -0.192. The Morgan fingerprint density at radius 1 is 1.12 bits per heavy atom. The summed E-state index contributed by atoms with van der Waals surface area (Å²) in [4.78, 5) is 29.9. The quantitative estimate of drug-likeness (QED) is 0.425. The largest absolute Gasteiger partial charge is 0.490 e. The Kier molecular flexibility index (Phi) is 9.56. The molecule has 12 heteroatoms. The first-order valence-electron chi connectivity index (χ1n) is 9.95. The summed E-state index contributed by atoms with van der Waals surface area (Å²) in [7, 11) is 3.44. The number of halogens is 3. The number of carbonyl (C=O) groups is 2. The zero-order valence-electron chi connectivity index (χ0n) is 18.5. The molecule has 182 valence electrons. The van der Waals surface area contributed by atoms with Gasteiger partial charge in [0.25, 0.3) is 5.91 Å². The third-order valence-electron chi connectivity index (χ3n) is 4.35. The number of hydrogen-bond acceptors (Lipinski definition) is 6. The van der Waals surface area contributed by atoms with Crippen LogP contribution < -0.4 is 10.6 Å². The summed E-state index contributed by atoms with van der Waals surface area (Å²) < 4.78 is 38.5. The van der Waals surface area contributed by atoms with Gasteiger partial charge in [-0.2, -0.15) is 13.2 Å². The van der Waals surface area contributed by atoms with Crippen molar-refractivity contribution in [1.29, 1.82) is 0 Å². The van der Waals surface area contributed by atoms with Crippen LogP contribution in [0.5, 0.6) is 0 Å². The number of alkyl halides is 3. The number of rotatable bonds is 8. The van der Waals surface area contributed by atoms with E-state index in [0.717, 1.165) is 16.7 Å². The van der Waals surface area contributed by atoms with Crippen LogP contribution in [-0.4, -0.2) is 58.0 Å². The van der Waals surface area contributed by atoms with Gasteiger partial charge in [-0.25, -0.2) is 14.8 Å². The first-order chi connectivity index (χ1) is 16.1. The molecule has 3 rings (SSSR count). The van der Waals surface area contributed by atoms with Gasteiger partial charge in [0.05, 0.1) is 6.61 Å². The van der Waals surface area contributed by atoms with Gasteiger partial charge in [-0.3, -0.25) is 4.79 Å². The molecular weight excluding hydrogens is 455 g/mol. The van der Waals surface area contributed by atoms with Gasteiger partial charge in [0.1, 0.15) is 5.69 Å². The summed E-state index contributed by atoms with van der Waals surface area (Å²) in [6.07, 6.45) is 0.311. The molecule has 0 unspecified atom stereocenters. The second kappa shape index (κ2) is 12.3. The molecule has 2 aromatic heterocycles. The average Bonchev–Trinajstić information content (AvgIpc) is 3.20. The van der Waals surface area contributed by atoms with E-state index in [2.05, 4.69) is 20.6 Å². The van der Waals surface area contributed by atoms with E-state index >= 15 is 0 Å². The highest BCUT2D eigenvalue weighted by molar-refractivity contribution is 5.94. The van der Waals surface area contributed by atoms with Crippen molar-refractivity contribution in [2.75, 3.05) is 25.6 Å². The summed E-state index contributed by atoms with van der Waals surface area (Å²) in [5.74, 6) is -2.33. The lowest BCUT2D eigenvalue weighted by atomic mass is 10.2. The molecule has 0 saturated heterocycles. The summed E-state index contributed by atoms with van der Waals surface area (Å²) >= 11 is 0. The van der Waals surface area contributed by atoms with Crippen molar-refractivity contribution in [1.82, 2.24) is 19.9 Å². The highest BCUT2D eigenvalue weighted by Gasteiger charge is 2.38. The predicted octanol–water partition coefficient (Wildman–Crippen LogP) is 3.10. The topological polar surface area (TPSA) is 118 Å². The molecule has 0 aliphatic heterocycles. The third kappa shape index (κ3) is 8.20. The summed E-state index contributed by atoms with van der Waals surface area (Å²) in [5, 5.41) is 13.1. The number of methoxy groups -OCH3 is 1. The Bertz CT molecular complexity index is 1070. The summed E-state index contributed by atoms with van der Waals surface area (Å²) in [6, 6.07) is 11.9. The average molecular weight is 479 g/mol. The van der Waals surface area contributed by atoms with Crippen molar-refractivity contribution in [3.8, 4) is 11.1 Å². The highest BCUT2D eigenvalue weighted by Crippen LogP contribution is 2.21. The lowest BCUT2D eigenvalue weighted by Gasteiger charge is -2.05. The maximum absolute atomic E-state index is 12.2. The predicted molar refractivity (Wildman–Crippen MR) is 118 cm³/mol. The molecule has 0 saturated carbocycles. The molecule has 0 radical (unpaired) electrons. The Morgan fingerprint density at radius 3 is 2.29 bits per heavy atom. The number of nitrogens with zero attached hydrogens (tertiary/aromatic N) is 3. The minimum Gasteiger partial charge on any atom is -0.475 e. The Labute approximate surface area is 193 Å². The number of ether oxygens (including phenoxy) is 1. The SMILES string of the molecule is COCCNC(=O)c1cc(-c2cnc(NCc3ccccc3)nc2)cn1C.O=C(O)C(F)(F)F. The minimum absolute atomic E-state index is 0.136. The molecule has 0 aliphatic carbocycles. The fourth-order valence-electron chi connectivity index (χ4n) is 2.65. The zero-order valence-corrected chi connectivity index (χ0v) is 18.5.